The molecule has 1 heterocycles. The minimum atomic E-state index is -3.52. The number of benzene rings is 1. The van der Waals surface area contributed by atoms with Crippen LogP contribution in [0.5, 0.6) is 5.75 Å². The molecule has 0 bridgehead atoms. The Morgan fingerprint density at radius 2 is 1.96 bits per heavy atom. The van der Waals surface area contributed by atoms with Crippen LogP contribution in [0.3, 0.4) is 0 Å². The Balaban J connectivity index is 1.94. The first-order chi connectivity index (χ1) is 11.3. The first-order valence-corrected chi connectivity index (χ1v) is 9.78. The molecular weight excluding hydrogens is 328 g/mol. The molecule has 0 spiro atoms. The van der Waals surface area contributed by atoms with Gasteiger partial charge in [0, 0.05) is 19.7 Å². The zero-order valence-corrected chi connectivity index (χ0v) is 15.5. The molecule has 2 rings (SSSR count). The number of hydrogen-bond acceptors (Lipinski definition) is 5. The smallest absolute Gasteiger partial charge is 0.240 e. The third-order valence-electron chi connectivity index (χ3n) is 4.50. The summed E-state index contributed by atoms with van der Waals surface area (Å²) in [5.41, 5.74) is 0.0832. The third kappa shape index (κ3) is 5.17. The van der Waals surface area contributed by atoms with Gasteiger partial charge in [-0.2, -0.15) is 0 Å². The average molecular weight is 356 g/mol. The van der Waals surface area contributed by atoms with Crippen LogP contribution >= 0.6 is 0 Å². The zero-order chi connectivity index (χ0) is 17.6. The highest BCUT2D eigenvalue weighted by atomic mass is 32.2. The van der Waals surface area contributed by atoms with Gasteiger partial charge in [0.15, 0.2) is 0 Å². The van der Waals surface area contributed by atoms with Crippen LogP contribution in [0.2, 0.25) is 0 Å². The second-order valence-electron chi connectivity index (χ2n) is 6.76. The number of ether oxygens (including phenoxy) is 2. The van der Waals surface area contributed by atoms with E-state index in [4.69, 9.17) is 9.47 Å². The van der Waals surface area contributed by atoms with Gasteiger partial charge in [0.05, 0.1) is 11.5 Å². The lowest BCUT2D eigenvalue weighted by molar-refractivity contribution is 0.146. The second kappa shape index (κ2) is 8.29. The lowest BCUT2D eigenvalue weighted by Crippen LogP contribution is -2.52. The average Bonchev–Trinajstić information content (AvgIpc) is 2.54. The molecule has 1 aromatic carbocycles. The van der Waals surface area contributed by atoms with Gasteiger partial charge in [-0.1, -0.05) is 13.8 Å². The SMILES string of the molecule is COCCOc1ccc(S(=O)(=O)NCC2NCCCC2(C)C)cc1. The van der Waals surface area contributed by atoms with E-state index < -0.39 is 10.0 Å². The summed E-state index contributed by atoms with van der Waals surface area (Å²) in [5.74, 6) is 0.626. The van der Waals surface area contributed by atoms with E-state index in [0.717, 1.165) is 19.4 Å². The highest BCUT2D eigenvalue weighted by molar-refractivity contribution is 7.89. The van der Waals surface area contributed by atoms with Crippen molar-refractivity contribution in [1.29, 1.82) is 0 Å². The normalized spacial score (nSPS) is 20.7. The quantitative estimate of drug-likeness (QED) is 0.694. The van der Waals surface area contributed by atoms with Crippen LogP contribution < -0.4 is 14.8 Å². The van der Waals surface area contributed by atoms with Gasteiger partial charge < -0.3 is 14.8 Å². The van der Waals surface area contributed by atoms with Crippen molar-refractivity contribution in [3.63, 3.8) is 0 Å². The van der Waals surface area contributed by atoms with E-state index in [1.165, 1.54) is 0 Å². The van der Waals surface area contributed by atoms with Crippen LogP contribution in [0.25, 0.3) is 0 Å². The largest absolute Gasteiger partial charge is 0.491 e. The van der Waals surface area contributed by atoms with Crippen LogP contribution in [0.1, 0.15) is 26.7 Å². The van der Waals surface area contributed by atoms with Gasteiger partial charge in [-0.15, -0.1) is 0 Å². The fourth-order valence-corrected chi connectivity index (χ4v) is 3.90. The molecule has 2 N–H and O–H groups in total. The molecule has 6 nitrogen and oxygen atoms in total. The molecule has 1 fully saturated rings. The maximum absolute atomic E-state index is 12.5. The Morgan fingerprint density at radius 3 is 2.58 bits per heavy atom. The first-order valence-electron chi connectivity index (χ1n) is 8.30. The van der Waals surface area contributed by atoms with Gasteiger partial charge in [0.25, 0.3) is 0 Å². The van der Waals surface area contributed by atoms with Crippen LogP contribution in [0, 0.1) is 5.41 Å². The highest BCUT2D eigenvalue weighted by Crippen LogP contribution is 2.29. The number of rotatable bonds is 8. The summed E-state index contributed by atoms with van der Waals surface area (Å²) in [5, 5.41) is 3.41. The molecule has 0 aromatic heterocycles. The summed E-state index contributed by atoms with van der Waals surface area (Å²) in [6.07, 6.45) is 2.22. The number of nitrogens with one attached hydrogen (secondary N) is 2. The standard InChI is InChI=1S/C17H28N2O4S/c1-17(2)9-4-10-18-16(17)13-19-24(20,21)15-7-5-14(6-8-15)23-12-11-22-3/h5-8,16,18-19H,4,9-13H2,1-3H3. The van der Waals surface area contributed by atoms with Crippen LogP contribution in [-0.2, 0) is 14.8 Å². The number of methoxy groups -OCH3 is 1. The van der Waals surface area contributed by atoms with E-state index in [1.54, 1.807) is 31.4 Å². The summed E-state index contributed by atoms with van der Waals surface area (Å²) in [4.78, 5) is 0.246. The van der Waals surface area contributed by atoms with Crippen LogP contribution in [0.15, 0.2) is 29.2 Å². The fraction of sp³-hybridized carbons (Fsp3) is 0.647. The molecule has 0 amide bonds. The van der Waals surface area contributed by atoms with Crippen LogP contribution in [-0.4, -0.2) is 47.9 Å². The van der Waals surface area contributed by atoms with Crippen molar-refractivity contribution < 1.29 is 17.9 Å². The van der Waals surface area contributed by atoms with Crippen molar-refractivity contribution in [3.05, 3.63) is 24.3 Å². The molecule has 1 aliphatic rings. The van der Waals surface area contributed by atoms with Gasteiger partial charge in [-0.3, -0.25) is 0 Å². The van der Waals surface area contributed by atoms with Crippen LogP contribution in [0.4, 0.5) is 0 Å². The Bertz CT molecular complexity index is 614. The minimum absolute atomic E-state index is 0.0832. The molecule has 1 atom stereocenters. The van der Waals surface area contributed by atoms with Crippen molar-refractivity contribution in [1.82, 2.24) is 10.0 Å². The fourth-order valence-electron chi connectivity index (χ4n) is 2.85. The van der Waals surface area contributed by atoms with Crippen molar-refractivity contribution in [3.8, 4) is 5.75 Å². The highest BCUT2D eigenvalue weighted by Gasteiger charge is 2.32. The maximum Gasteiger partial charge on any atom is 0.240 e. The number of piperidine rings is 1. The van der Waals surface area contributed by atoms with Gasteiger partial charge in [0.2, 0.25) is 10.0 Å². The summed E-state index contributed by atoms with van der Waals surface area (Å²) in [6, 6.07) is 6.58. The molecular formula is C17H28N2O4S. The van der Waals surface area contributed by atoms with Gasteiger partial charge in [-0.05, 0) is 49.1 Å². The van der Waals surface area contributed by atoms with E-state index in [9.17, 15) is 8.42 Å². The van der Waals surface area contributed by atoms with Gasteiger partial charge in [0.1, 0.15) is 12.4 Å². The molecule has 0 saturated carbocycles. The summed E-state index contributed by atoms with van der Waals surface area (Å²) in [7, 11) is -1.92. The first kappa shape index (κ1) is 19.2. The summed E-state index contributed by atoms with van der Waals surface area (Å²) in [6.45, 7) is 6.59. The molecule has 0 aliphatic carbocycles. The zero-order valence-electron chi connectivity index (χ0n) is 14.7. The minimum Gasteiger partial charge on any atom is -0.491 e. The lowest BCUT2D eigenvalue weighted by Gasteiger charge is -2.39. The number of sulfonamides is 1. The van der Waals surface area contributed by atoms with Crippen molar-refractivity contribution in [2.24, 2.45) is 5.41 Å². The topological polar surface area (TPSA) is 76.7 Å². The van der Waals surface area contributed by atoms with Crippen molar-refractivity contribution in [2.75, 3.05) is 33.4 Å². The molecule has 24 heavy (non-hydrogen) atoms. The predicted molar refractivity (Wildman–Crippen MR) is 93.8 cm³/mol. The molecule has 1 saturated heterocycles. The van der Waals surface area contributed by atoms with Crippen molar-refractivity contribution in [2.45, 2.75) is 37.6 Å². The Kier molecular flexibility index (Phi) is 6.62. The number of hydrogen-bond donors (Lipinski definition) is 2. The van der Waals surface area contributed by atoms with Gasteiger partial charge in [-0.25, -0.2) is 13.1 Å². The predicted octanol–water partition coefficient (Wildman–Crippen LogP) is 1.77. The molecule has 1 aromatic rings. The van der Waals surface area contributed by atoms with E-state index in [2.05, 4.69) is 23.9 Å². The van der Waals surface area contributed by atoms with E-state index in [1.807, 2.05) is 0 Å². The summed E-state index contributed by atoms with van der Waals surface area (Å²) >= 11 is 0. The Hall–Kier alpha value is -1.15. The third-order valence-corrected chi connectivity index (χ3v) is 5.94. The van der Waals surface area contributed by atoms with Crippen molar-refractivity contribution >= 4 is 10.0 Å². The molecule has 1 aliphatic heterocycles. The molecule has 0 radical (unpaired) electrons. The Morgan fingerprint density at radius 1 is 1.25 bits per heavy atom. The monoisotopic (exact) mass is 356 g/mol. The van der Waals surface area contributed by atoms with Gasteiger partial charge >= 0.3 is 0 Å². The summed E-state index contributed by atoms with van der Waals surface area (Å²) < 4.78 is 38.0. The Labute approximate surface area is 145 Å². The second-order valence-corrected chi connectivity index (χ2v) is 8.53. The molecule has 7 heteroatoms. The molecule has 136 valence electrons. The van der Waals surface area contributed by atoms with E-state index in [0.29, 0.717) is 25.5 Å². The van der Waals surface area contributed by atoms with E-state index in [-0.39, 0.29) is 16.4 Å². The lowest BCUT2D eigenvalue weighted by atomic mass is 9.78. The molecule has 1 unspecified atom stereocenters. The van der Waals surface area contributed by atoms with E-state index >= 15 is 0 Å². The maximum atomic E-state index is 12.5.